The number of hydrogen-bond acceptors (Lipinski definition) is 24. The Labute approximate surface area is 585 Å². The Morgan fingerprint density at radius 2 is 0.957 bits per heavy atom. The van der Waals surface area contributed by atoms with E-state index in [9.17, 15) is 22.8 Å². The van der Waals surface area contributed by atoms with Gasteiger partial charge in [-0.1, -0.05) is 108 Å². The molecule has 12 aromatic rings. The number of aromatic nitrogens is 8. The van der Waals surface area contributed by atoms with E-state index in [0.29, 0.717) is 41.3 Å². The monoisotopic (exact) mass is 1400 g/mol. The van der Waals surface area contributed by atoms with Crippen LogP contribution < -0.4 is 77.8 Å². The van der Waals surface area contributed by atoms with Gasteiger partial charge in [0, 0.05) is 56.1 Å². The van der Waals surface area contributed by atoms with E-state index in [-0.39, 0.29) is 42.9 Å². The number of thiazole rings is 4. The fourth-order valence-corrected chi connectivity index (χ4v) is 15.5. The summed E-state index contributed by atoms with van der Waals surface area (Å²) in [6.45, 7) is 20.3. The van der Waals surface area contributed by atoms with Crippen LogP contribution in [-0.4, -0.2) is 129 Å². The first-order valence-electron chi connectivity index (χ1n) is 29.0. The molecule has 4 aliphatic heterocycles. The number of carbonyl (C=O) groups is 3. The molecule has 0 aliphatic carbocycles. The van der Waals surface area contributed by atoms with Gasteiger partial charge >= 0.3 is 35.7 Å². The first kappa shape index (κ1) is 70.4. The van der Waals surface area contributed by atoms with Gasteiger partial charge in [0.05, 0.1) is 69.7 Å². The van der Waals surface area contributed by atoms with Crippen molar-refractivity contribution in [3.63, 3.8) is 0 Å². The molecule has 93 heavy (non-hydrogen) atoms. The van der Waals surface area contributed by atoms with Gasteiger partial charge in [-0.2, -0.15) is 23.4 Å². The van der Waals surface area contributed by atoms with Crippen molar-refractivity contribution >= 4 is 186 Å². The minimum absolute atomic E-state index is 0. The number of halogens is 4. The van der Waals surface area contributed by atoms with Crippen molar-refractivity contribution in [2.24, 2.45) is 23.3 Å². The van der Waals surface area contributed by atoms with E-state index in [1.807, 2.05) is 88.4 Å². The van der Waals surface area contributed by atoms with Crippen molar-refractivity contribution in [3.05, 3.63) is 134 Å². The average Bonchev–Trinajstić information content (AvgIpc) is 1.63. The first-order chi connectivity index (χ1) is 44.0. The molecule has 10 N–H and O–H groups in total. The van der Waals surface area contributed by atoms with Crippen LogP contribution in [0.1, 0.15) is 57.1 Å². The standard InChI is InChI=1S/C19H18N6OS2.C11H12N2S.C10H11N3S.C9H10N4OS.C7H4ClNS.C4H9N.C2HF3O.Na.H/c1-9-10(2)23-24-18-14(9)15(20)16(28-18)17(26)21-11-7-25(8-11)19-22-12-5-3-4-6-13(12)27-19;1-8-6-13(7-8)11-12-9-4-2-3-5-10(9)14-11;11-7-5-13(6-7)10-12-8-3-1-2-4-9(8)14-10;1-3-4(2)12-13-9-5(3)6(10)7(15-9)8(11)14;8-7-9-5-3-1-2-4-6(5)10-7;1-4-2-5-3-4;3-2(4,5)1-6;;/h3-6,11H,7-8,20H2,1-2H3,(H,21,26);2-5,8H,6-7H2,1H3;1-4,7H,5-6,11H2;10H2,1-2H3,(H2,11,14);1-4H;4-5H,2-3H2,1H3;1H;;/q;;;;;;;+1;-1. The van der Waals surface area contributed by atoms with E-state index < -0.39 is 18.4 Å². The minimum atomic E-state index is -4.64. The van der Waals surface area contributed by atoms with Crippen molar-refractivity contribution in [1.82, 2.24) is 51.0 Å². The Morgan fingerprint density at radius 3 is 1.31 bits per heavy atom. The summed E-state index contributed by atoms with van der Waals surface area (Å²) in [7, 11) is 0. The molecule has 2 amide bonds. The number of nitrogens with one attached hydrogen (secondary N) is 2. The van der Waals surface area contributed by atoms with Gasteiger partial charge in [0.2, 0.25) is 6.29 Å². The number of thiophene rings is 2. The van der Waals surface area contributed by atoms with Gasteiger partial charge in [0.15, 0.2) is 19.9 Å². The molecule has 0 spiro atoms. The number of nitrogens with two attached hydrogens (primary N) is 4. The molecule has 4 fully saturated rings. The van der Waals surface area contributed by atoms with Crippen LogP contribution in [0.5, 0.6) is 0 Å². The van der Waals surface area contributed by atoms with Crippen LogP contribution in [0.4, 0.5) is 39.9 Å². The molecule has 12 heterocycles. The van der Waals surface area contributed by atoms with Crippen LogP contribution in [0, 0.1) is 39.5 Å². The Bertz CT molecular complexity index is 4360. The summed E-state index contributed by atoms with van der Waals surface area (Å²) >= 11 is 14.9. The predicted octanol–water partition coefficient (Wildman–Crippen LogP) is 9.34. The number of nitrogen functional groups attached to an aromatic ring is 2. The van der Waals surface area contributed by atoms with Crippen LogP contribution in [0.25, 0.3) is 61.3 Å². The van der Waals surface area contributed by atoms with E-state index in [0.717, 1.165) is 108 Å². The summed E-state index contributed by atoms with van der Waals surface area (Å²) in [6, 6.07) is 33.0. The first-order valence-corrected chi connectivity index (χ1v) is 34.2. The van der Waals surface area contributed by atoms with Gasteiger partial charge < -0.3 is 49.7 Å². The predicted molar refractivity (Wildman–Crippen MR) is 375 cm³/mol. The number of aldehydes is 1. The third-order valence-corrected chi connectivity index (χ3v) is 21.6. The number of fused-ring (bicyclic) bond motifs is 6. The van der Waals surface area contributed by atoms with Crippen LogP contribution in [0.3, 0.4) is 0 Å². The number of alkyl halides is 3. The largest absolute Gasteiger partial charge is 1.00 e. The van der Waals surface area contributed by atoms with Gasteiger partial charge in [-0.05, 0) is 112 Å². The van der Waals surface area contributed by atoms with E-state index in [4.69, 9.17) is 39.3 Å². The fourth-order valence-electron chi connectivity index (χ4n) is 9.60. The number of aryl methyl sites for hydroxylation is 4. The third kappa shape index (κ3) is 17.4. The molecular weight excluding hydrogens is 1340 g/mol. The summed E-state index contributed by atoms with van der Waals surface area (Å²) in [5, 5.41) is 27.4. The third-order valence-electron chi connectivity index (χ3n) is 14.9. The summed E-state index contributed by atoms with van der Waals surface area (Å²) in [5.41, 5.74) is 31.8. The van der Waals surface area contributed by atoms with Crippen LogP contribution >= 0.6 is 79.6 Å². The fraction of sp³-hybridized carbons (Fsp3) is 0.306. The molecule has 0 radical (unpaired) electrons. The number of carbonyl (C=O) groups excluding carboxylic acids is 3. The Kier molecular flexibility index (Phi) is 23.6. The van der Waals surface area contributed by atoms with Crippen molar-refractivity contribution in [2.75, 3.05) is 78.5 Å². The molecule has 4 saturated heterocycles. The smallest absolute Gasteiger partial charge is 1.00 e. The van der Waals surface area contributed by atoms with Crippen LogP contribution in [0.2, 0.25) is 4.47 Å². The molecule has 0 bridgehead atoms. The van der Waals surface area contributed by atoms with E-state index in [2.05, 4.69) is 116 Å². The Morgan fingerprint density at radius 1 is 0.591 bits per heavy atom. The molecule has 31 heteroatoms. The van der Waals surface area contributed by atoms with Crippen LogP contribution in [0.15, 0.2) is 97.1 Å². The summed E-state index contributed by atoms with van der Waals surface area (Å²) < 4.78 is 36.7. The maximum atomic E-state index is 12.8. The van der Waals surface area contributed by atoms with E-state index >= 15 is 0 Å². The van der Waals surface area contributed by atoms with Crippen molar-refractivity contribution < 1.29 is 58.5 Å². The number of anilines is 5. The topological polar surface area (TPSA) is 292 Å². The zero-order valence-corrected chi connectivity index (χ0v) is 59.4. The quantitative estimate of drug-likeness (QED) is 0.0667. The molecule has 16 rings (SSSR count). The molecule has 4 aromatic carbocycles. The number of amides is 2. The Balaban J connectivity index is 0.000000149. The summed E-state index contributed by atoms with van der Waals surface area (Å²) in [5.74, 6) is 1.12. The van der Waals surface area contributed by atoms with Gasteiger partial charge in [-0.3, -0.25) is 14.4 Å². The van der Waals surface area contributed by atoms with Gasteiger partial charge in [0.1, 0.15) is 19.4 Å². The summed E-state index contributed by atoms with van der Waals surface area (Å²) in [4.78, 5) is 59.5. The molecule has 4 aliphatic rings. The number of hydrogen-bond donors (Lipinski definition) is 6. The second kappa shape index (κ2) is 31.1. The molecule has 482 valence electrons. The maximum Gasteiger partial charge on any atom is 1.00 e. The number of para-hydroxylation sites is 4. The van der Waals surface area contributed by atoms with Crippen molar-refractivity contribution in [3.8, 4) is 0 Å². The average molecular weight is 1410 g/mol. The van der Waals surface area contributed by atoms with Gasteiger partial charge in [-0.15, -0.1) is 44.2 Å². The number of primary amides is 1. The molecule has 8 aromatic heterocycles. The second-order valence-electron chi connectivity index (χ2n) is 22.2. The van der Waals surface area contributed by atoms with Crippen molar-refractivity contribution in [2.45, 2.75) is 59.8 Å². The van der Waals surface area contributed by atoms with Gasteiger partial charge in [0.25, 0.3) is 11.8 Å². The number of nitrogens with zero attached hydrogens (tertiary/aromatic N) is 11. The maximum absolute atomic E-state index is 12.8. The molecule has 20 nitrogen and oxygen atoms in total. The second-order valence-corrected chi connectivity index (χ2v) is 28.9. The van der Waals surface area contributed by atoms with E-state index in [1.165, 1.54) is 79.4 Å². The van der Waals surface area contributed by atoms with Gasteiger partial charge in [-0.25, -0.2) is 19.9 Å². The zero-order chi connectivity index (χ0) is 65.5. The van der Waals surface area contributed by atoms with Crippen LogP contribution in [-0.2, 0) is 4.79 Å². The normalized spacial score (nSPS) is 14.6. The molecule has 0 saturated carbocycles. The number of benzene rings is 4. The van der Waals surface area contributed by atoms with E-state index in [1.54, 1.807) is 34.0 Å². The molecule has 0 atom stereocenters. The SMILES string of the molecule is CC1CN(c2nc3ccccc3s2)C1.CC1CNC1.Cc1nnc2sc(C(=O)NC3CN(c4nc5ccccc5s4)C3)c(N)c2c1C.Cc1nnc2sc(C(N)=O)c(N)c2c1C.Clc1nc2ccccc2s1.NC1CN(c2nc3ccccc3s2)C1.O=CC(F)(F)F.[H-].[Na+]. The van der Waals surface area contributed by atoms with Crippen molar-refractivity contribution in [1.29, 1.82) is 0 Å². The number of rotatable bonds is 6. The summed E-state index contributed by atoms with van der Waals surface area (Å²) in [6.07, 6.45) is -5.70. The Hall–Kier alpha value is -6.87. The minimum Gasteiger partial charge on any atom is -1.00 e. The zero-order valence-electron chi connectivity index (χ0n) is 52.7. The molecule has 0 unspecified atom stereocenters. The molecular formula is C62H66ClF3N17NaO3S6.